The highest BCUT2D eigenvalue weighted by atomic mass is 14.6. The third-order valence-corrected chi connectivity index (χ3v) is 7.63. The monoisotopic (exact) mass is 248 g/mol. The fourth-order valence-electron chi connectivity index (χ4n) is 5.98. The van der Waals surface area contributed by atoms with Gasteiger partial charge in [-0.1, -0.05) is 47.0 Å². The zero-order valence-electron chi connectivity index (χ0n) is 13.0. The van der Waals surface area contributed by atoms with Gasteiger partial charge >= 0.3 is 0 Å². The van der Waals surface area contributed by atoms with Gasteiger partial charge in [0.1, 0.15) is 0 Å². The number of hydrogen-bond acceptors (Lipinski definition) is 0. The number of hydrogen-bond donors (Lipinski definition) is 0. The van der Waals surface area contributed by atoms with Crippen LogP contribution < -0.4 is 0 Å². The molecule has 6 atom stereocenters. The predicted octanol–water partition coefficient (Wildman–Crippen LogP) is 5.67. The Hall–Kier alpha value is 0. The van der Waals surface area contributed by atoms with E-state index < -0.39 is 0 Å². The Morgan fingerprint density at radius 3 is 2.44 bits per heavy atom. The molecule has 0 N–H and O–H groups in total. The minimum atomic E-state index is 0.642. The van der Waals surface area contributed by atoms with Crippen molar-refractivity contribution in [2.24, 2.45) is 34.5 Å². The predicted molar refractivity (Wildman–Crippen MR) is 78.5 cm³/mol. The fraction of sp³-hybridized carbons (Fsp3) is 1.00. The van der Waals surface area contributed by atoms with E-state index in [2.05, 4.69) is 27.7 Å². The van der Waals surface area contributed by atoms with E-state index in [9.17, 15) is 0 Å². The van der Waals surface area contributed by atoms with Crippen LogP contribution in [0.2, 0.25) is 0 Å². The Labute approximate surface area is 114 Å². The van der Waals surface area contributed by atoms with E-state index in [1.807, 2.05) is 0 Å². The molecule has 0 heteroatoms. The molecule has 3 saturated carbocycles. The molecule has 3 fully saturated rings. The summed E-state index contributed by atoms with van der Waals surface area (Å²) in [5.74, 6) is 4.09. The molecule has 0 nitrogen and oxygen atoms in total. The second-order valence-corrected chi connectivity index (χ2v) is 8.62. The maximum atomic E-state index is 2.65. The summed E-state index contributed by atoms with van der Waals surface area (Å²) in [5, 5.41) is 0. The van der Waals surface area contributed by atoms with Gasteiger partial charge in [-0.15, -0.1) is 0 Å². The molecule has 0 amide bonds. The molecule has 0 radical (unpaired) electrons. The summed E-state index contributed by atoms with van der Waals surface area (Å²) in [6, 6.07) is 0. The molecule has 18 heavy (non-hydrogen) atoms. The Kier molecular flexibility index (Phi) is 3.07. The summed E-state index contributed by atoms with van der Waals surface area (Å²) in [7, 11) is 0. The molecule has 0 bridgehead atoms. The summed E-state index contributed by atoms with van der Waals surface area (Å²) in [5.41, 5.74) is 1.30. The third-order valence-electron chi connectivity index (χ3n) is 7.63. The largest absolute Gasteiger partial charge is 0.0625 e. The molecule has 0 aromatic heterocycles. The second-order valence-electron chi connectivity index (χ2n) is 8.62. The minimum absolute atomic E-state index is 0.642. The Bertz CT molecular complexity index is 320. The molecule has 6 unspecified atom stereocenters. The van der Waals surface area contributed by atoms with E-state index in [1.165, 1.54) is 38.5 Å². The lowest BCUT2D eigenvalue weighted by atomic mass is 9.43. The molecule has 0 heterocycles. The van der Waals surface area contributed by atoms with Crippen LogP contribution in [0.1, 0.15) is 79.1 Å². The zero-order chi connectivity index (χ0) is 13.0. The first-order valence-corrected chi connectivity index (χ1v) is 8.45. The summed E-state index contributed by atoms with van der Waals surface area (Å²) < 4.78 is 0. The Balaban J connectivity index is 1.87. The third kappa shape index (κ3) is 1.78. The maximum absolute atomic E-state index is 2.65. The fourth-order valence-corrected chi connectivity index (χ4v) is 5.98. The molecular formula is C18H32. The molecule has 0 aromatic carbocycles. The van der Waals surface area contributed by atoms with Gasteiger partial charge in [0.25, 0.3) is 0 Å². The van der Waals surface area contributed by atoms with Gasteiger partial charge in [-0.25, -0.2) is 0 Å². The number of rotatable bonds is 0. The molecule has 0 aromatic rings. The zero-order valence-corrected chi connectivity index (χ0v) is 13.0. The van der Waals surface area contributed by atoms with Crippen molar-refractivity contribution in [2.75, 3.05) is 0 Å². The summed E-state index contributed by atoms with van der Waals surface area (Å²) in [6.45, 7) is 10.3. The van der Waals surface area contributed by atoms with Gasteiger partial charge in [0.15, 0.2) is 0 Å². The lowest BCUT2D eigenvalue weighted by molar-refractivity contribution is -0.121. The summed E-state index contributed by atoms with van der Waals surface area (Å²) in [6.07, 6.45) is 12.1. The molecule has 0 spiro atoms. The standard InChI is InChI=1S/C18H32/c1-13-7-8-15-11-17(3)9-5-6-14(2)18(17,4)12-16(15)10-13/h13-16H,5-12H2,1-4H3. The van der Waals surface area contributed by atoms with Crippen molar-refractivity contribution in [1.82, 2.24) is 0 Å². The highest BCUT2D eigenvalue weighted by Gasteiger charge is 2.55. The molecule has 3 rings (SSSR count). The van der Waals surface area contributed by atoms with Crippen LogP contribution >= 0.6 is 0 Å². The quantitative estimate of drug-likeness (QED) is 0.518. The SMILES string of the molecule is CC1CCC2CC3(C)CCCC(C)C3(C)CC2C1. The van der Waals surface area contributed by atoms with Crippen LogP contribution in [0.3, 0.4) is 0 Å². The van der Waals surface area contributed by atoms with Gasteiger partial charge in [-0.2, -0.15) is 0 Å². The van der Waals surface area contributed by atoms with Crippen molar-refractivity contribution >= 4 is 0 Å². The molecule has 0 aliphatic heterocycles. The van der Waals surface area contributed by atoms with E-state index in [0.29, 0.717) is 10.8 Å². The van der Waals surface area contributed by atoms with Crippen molar-refractivity contribution in [1.29, 1.82) is 0 Å². The summed E-state index contributed by atoms with van der Waals surface area (Å²) >= 11 is 0. The van der Waals surface area contributed by atoms with Crippen molar-refractivity contribution < 1.29 is 0 Å². The molecule has 0 saturated heterocycles. The first-order valence-electron chi connectivity index (χ1n) is 8.45. The van der Waals surface area contributed by atoms with E-state index in [-0.39, 0.29) is 0 Å². The van der Waals surface area contributed by atoms with Crippen LogP contribution in [-0.2, 0) is 0 Å². The van der Waals surface area contributed by atoms with Gasteiger partial charge in [-0.05, 0) is 66.6 Å². The van der Waals surface area contributed by atoms with Gasteiger partial charge in [0, 0.05) is 0 Å². The van der Waals surface area contributed by atoms with Crippen molar-refractivity contribution in [3.8, 4) is 0 Å². The van der Waals surface area contributed by atoms with Crippen LogP contribution in [0.15, 0.2) is 0 Å². The van der Waals surface area contributed by atoms with E-state index in [0.717, 1.165) is 23.7 Å². The van der Waals surface area contributed by atoms with E-state index in [4.69, 9.17) is 0 Å². The lowest BCUT2D eigenvalue weighted by Gasteiger charge is -2.62. The van der Waals surface area contributed by atoms with Crippen LogP contribution in [0.25, 0.3) is 0 Å². The average molecular weight is 248 g/mol. The molecule has 3 aliphatic carbocycles. The van der Waals surface area contributed by atoms with Crippen molar-refractivity contribution in [3.05, 3.63) is 0 Å². The van der Waals surface area contributed by atoms with Crippen molar-refractivity contribution in [3.63, 3.8) is 0 Å². The molecule has 3 aliphatic rings. The van der Waals surface area contributed by atoms with Crippen LogP contribution in [0.4, 0.5) is 0 Å². The number of fused-ring (bicyclic) bond motifs is 2. The lowest BCUT2D eigenvalue weighted by Crippen LogP contribution is -2.53. The maximum Gasteiger partial charge on any atom is -0.0243 e. The smallest absolute Gasteiger partial charge is 0.0243 e. The van der Waals surface area contributed by atoms with Gasteiger partial charge < -0.3 is 0 Å². The van der Waals surface area contributed by atoms with Gasteiger partial charge in [-0.3, -0.25) is 0 Å². The average Bonchev–Trinajstić information content (AvgIpc) is 2.30. The van der Waals surface area contributed by atoms with Crippen molar-refractivity contribution in [2.45, 2.75) is 79.1 Å². The Morgan fingerprint density at radius 2 is 1.67 bits per heavy atom. The second kappa shape index (κ2) is 4.25. The van der Waals surface area contributed by atoms with E-state index >= 15 is 0 Å². The van der Waals surface area contributed by atoms with E-state index in [1.54, 1.807) is 12.8 Å². The molecular weight excluding hydrogens is 216 g/mol. The van der Waals surface area contributed by atoms with Crippen LogP contribution in [0, 0.1) is 34.5 Å². The first kappa shape index (κ1) is 13.0. The van der Waals surface area contributed by atoms with Gasteiger partial charge in [0.05, 0.1) is 0 Å². The Morgan fingerprint density at radius 1 is 0.889 bits per heavy atom. The van der Waals surface area contributed by atoms with Crippen LogP contribution in [-0.4, -0.2) is 0 Å². The highest BCUT2D eigenvalue weighted by molar-refractivity contribution is 5.05. The summed E-state index contributed by atoms with van der Waals surface area (Å²) in [4.78, 5) is 0. The topological polar surface area (TPSA) is 0 Å². The normalized spacial score (nSPS) is 56.7. The molecule has 104 valence electrons. The highest BCUT2D eigenvalue weighted by Crippen LogP contribution is 2.65. The van der Waals surface area contributed by atoms with Gasteiger partial charge in [0.2, 0.25) is 0 Å². The van der Waals surface area contributed by atoms with Crippen LogP contribution in [0.5, 0.6) is 0 Å². The minimum Gasteiger partial charge on any atom is -0.0625 e. The first-order chi connectivity index (χ1) is 8.45.